The van der Waals surface area contributed by atoms with Crippen molar-refractivity contribution < 1.29 is 4.79 Å². The third-order valence-electron chi connectivity index (χ3n) is 3.77. The summed E-state index contributed by atoms with van der Waals surface area (Å²) in [6, 6.07) is 0.0871. The zero-order valence-corrected chi connectivity index (χ0v) is 9.87. The zero-order valence-electron chi connectivity index (χ0n) is 9.87. The molecule has 2 rings (SSSR count). The second-order valence-corrected chi connectivity index (χ2v) is 5.21. The molecule has 0 aromatic carbocycles. The summed E-state index contributed by atoms with van der Waals surface area (Å²) in [5, 5.41) is 6.21. The molecule has 92 valence electrons. The normalized spacial score (nSPS) is 31.6. The van der Waals surface area contributed by atoms with Gasteiger partial charge in [-0.25, -0.2) is 0 Å². The fourth-order valence-electron chi connectivity index (χ4n) is 2.72. The lowest BCUT2D eigenvalue weighted by molar-refractivity contribution is -0.123. The first kappa shape index (κ1) is 11.9. The Morgan fingerprint density at radius 3 is 2.69 bits per heavy atom. The van der Waals surface area contributed by atoms with Crippen LogP contribution in [-0.2, 0) is 4.79 Å². The van der Waals surface area contributed by atoms with Crippen molar-refractivity contribution in [3.63, 3.8) is 0 Å². The molecule has 0 bridgehead atoms. The van der Waals surface area contributed by atoms with Gasteiger partial charge in [-0.1, -0.05) is 19.3 Å². The molecule has 4 N–H and O–H groups in total. The first-order valence-corrected chi connectivity index (χ1v) is 6.52. The Bertz CT molecular complexity index is 238. The van der Waals surface area contributed by atoms with Crippen LogP contribution in [0.15, 0.2) is 0 Å². The molecule has 2 aliphatic rings. The number of nitrogens with two attached hydrogens (primary N) is 1. The molecule has 4 heteroatoms. The molecule has 0 aromatic heterocycles. The van der Waals surface area contributed by atoms with Crippen molar-refractivity contribution in [1.82, 2.24) is 10.6 Å². The number of hydrogen-bond acceptors (Lipinski definition) is 3. The fourth-order valence-corrected chi connectivity index (χ4v) is 2.72. The van der Waals surface area contributed by atoms with Gasteiger partial charge in [0, 0.05) is 19.1 Å². The van der Waals surface area contributed by atoms with Gasteiger partial charge in [-0.2, -0.15) is 0 Å². The number of carbonyl (C=O) groups excluding carboxylic acids is 1. The molecule has 1 amide bonds. The Kier molecular flexibility index (Phi) is 4.18. The van der Waals surface area contributed by atoms with Gasteiger partial charge in [0.1, 0.15) is 0 Å². The minimum Gasteiger partial charge on any atom is -0.354 e. The van der Waals surface area contributed by atoms with Crippen LogP contribution in [0.3, 0.4) is 0 Å². The summed E-state index contributed by atoms with van der Waals surface area (Å²) in [6.45, 7) is 1.62. The van der Waals surface area contributed by atoms with Crippen LogP contribution in [0.4, 0.5) is 0 Å². The second-order valence-electron chi connectivity index (χ2n) is 5.21. The topological polar surface area (TPSA) is 67.1 Å². The summed E-state index contributed by atoms with van der Waals surface area (Å²) in [5.41, 5.74) is 5.76. The molecule has 2 atom stereocenters. The maximum atomic E-state index is 11.8. The van der Waals surface area contributed by atoms with E-state index in [0.29, 0.717) is 5.92 Å². The van der Waals surface area contributed by atoms with Crippen molar-refractivity contribution >= 4 is 5.91 Å². The maximum Gasteiger partial charge on any atom is 0.237 e. The first-order chi connectivity index (χ1) is 7.75. The van der Waals surface area contributed by atoms with E-state index in [0.717, 1.165) is 19.5 Å². The highest BCUT2D eigenvalue weighted by Gasteiger charge is 2.27. The molecule has 0 aromatic rings. The molecule has 4 nitrogen and oxygen atoms in total. The number of nitrogens with one attached hydrogen (secondary N) is 2. The van der Waals surface area contributed by atoms with Crippen LogP contribution in [0.5, 0.6) is 0 Å². The Morgan fingerprint density at radius 2 is 2.06 bits per heavy atom. The van der Waals surface area contributed by atoms with E-state index in [-0.39, 0.29) is 18.0 Å². The molecule has 1 saturated heterocycles. The Morgan fingerprint density at radius 1 is 1.31 bits per heavy atom. The Labute approximate surface area is 97.3 Å². The van der Waals surface area contributed by atoms with Crippen molar-refractivity contribution in [3.8, 4) is 0 Å². The van der Waals surface area contributed by atoms with Crippen LogP contribution in [0, 0.1) is 5.92 Å². The van der Waals surface area contributed by atoms with Gasteiger partial charge in [-0.3, -0.25) is 4.79 Å². The van der Waals surface area contributed by atoms with E-state index in [1.54, 1.807) is 0 Å². The predicted octanol–water partition coefficient (Wildman–Crippen LogP) is 0.372. The minimum atomic E-state index is -0.0569. The maximum absolute atomic E-state index is 11.8. The fraction of sp³-hybridized carbons (Fsp3) is 0.917. The van der Waals surface area contributed by atoms with E-state index in [4.69, 9.17) is 5.73 Å². The molecule has 1 heterocycles. The largest absolute Gasteiger partial charge is 0.354 e. The highest BCUT2D eigenvalue weighted by Crippen LogP contribution is 2.22. The second kappa shape index (κ2) is 5.64. The molecule has 1 aliphatic carbocycles. The molecular formula is C12H23N3O. The van der Waals surface area contributed by atoms with Crippen LogP contribution in [0.1, 0.15) is 38.5 Å². The van der Waals surface area contributed by atoms with Gasteiger partial charge in [-0.05, 0) is 25.2 Å². The highest BCUT2D eigenvalue weighted by molar-refractivity contribution is 5.82. The number of rotatable bonds is 3. The van der Waals surface area contributed by atoms with Gasteiger partial charge in [-0.15, -0.1) is 0 Å². The molecule has 0 spiro atoms. The monoisotopic (exact) mass is 225 g/mol. The summed E-state index contributed by atoms with van der Waals surface area (Å²) in [5.74, 6) is 0.839. The quantitative estimate of drug-likeness (QED) is 0.650. The lowest BCUT2D eigenvalue weighted by Crippen LogP contribution is -2.42. The Balaban J connectivity index is 1.67. The van der Waals surface area contributed by atoms with Crippen molar-refractivity contribution in [2.45, 2.75) is 50.6 Å². The lowest BCUT2D eigenvalue weighted by Gasteiger charge is -2.22. The third-order valence-corrected chi connectivity index (χ3v) is 3.77. The van der Waals surface area contributed by atoms with Gasteiger partial charge in [0.25, 0.3) is 0 Å². The van der Waals surface area contributed by atoms with Crippen LogP contribution in [0.2, 0.25) is 0 Å². The van der Waals surface area contributed by atoms with Crippen LogP contribution in [-0.4, -0.2) is 31.1 Å². The number of amides is 1. The molecule has 2 fully saturated rings. The first-order valence-electron chi connectivity index (χ1n) is 6.52. The van der Waals surface area contributed by atoms with E-state index in [2.05, 4.69) is 10.6 Å². The highest BCUT2D eigenvalue weighted by atomic mass is 16.2. The summed E-state index contributed by atoms with van der Waals surface area (Å²) in [7, 11) is 0. The van der Waals surface area contributed by atoms with Crippen molar-refractivity contribution in [2.75, 3.05) is 13.1 Å². The predicted molar refractivity (Wildman–Crippen MR) is 64.0 cm³/mol. The minimum absolute atomic E-state index is 0.0569. The summed E-state index contributed by atoms with van der Waals surface area (Å²) in [6.07, 6.45) is 7.34. The van der Waals surface area contributed by atoms with Gasteiger partial charge in [0.2, 0.25) is 5.91 Å². The van der Waals surface area contributed by atoms with Gasteiger partial charge < -0.3 is 16.4 Å². The van der Waals surface area contributed by atoms with Crippen LogP contribution in [0.25, 0.3) is 0 Å². The average molecular weight is 225 g/mol. The summed E-state index contributed by atoms with van der Waals surface area (Å²) >= 11 is 0. The van der Waals surface area contributed by atoms with E-state index >= 15 is 0 Å². The van der Waals surface area contributed by atoms with Crippen molar-refractivity contribution in [3.05, 3.63) is 0 Å². The SMILES string of the molecule is N[C@@H]1CN[C@H](C(=O)NCC2CCCCC2)C1. The van der Waals surface area contributed by atoms with Gasteiger partial charge in [0.05, 0.1) is 6.04 Å². The average Bonchev–Trinajstić information content (AvgIpc) is 2.74. The van der Waals surface area contributed by atoms with Crippen molar-refractivity contribution in [1.29, 1.82) is 0 Å². The smallest absolute Gasteiger partial charge is 0.237 e. The van der Waals surface area contributed by atoms with Crippen LogP contribution >= 0.6 is 0 Å². The molecule has 1 saturated carbocycles. The molecule has 1 aliphatic heterocycles. The Hall–Kier alpha value is -0.610. The van der Waals surface area contributed by atoms with Gasteiger partial charge in [0.15, 0.2) is 0 Å². The number of carbonyl (C=O) groups is 1. The lowest BCUT2D eigenvalue weighted by atomic mass is 9.89. The molecule has 0 unspecified atom stereocenters. The number of hydrogen-bond donors (Lipinski definition) is 3. The van der Waals surface area contributed by atoms with E-state index < -0.39 is 0 Å². The van der Waals surface area contributed by atoms with E-state index in [1.165, 1.54) is 32.1 Å². The molecule has 0 radical (unpaired) electrons. The van der Waals surface area contributed by atoms with Gasteiger partial charge >= 0.3 is 0 Å². The molecular weight excluding hydrogens is 202 g/mol. The standard InChI is InChI=1S/C12H23N3O/c13-10-6-11(14-8-10)12(16)15-7-9-4-2-1-3-5-9/h9-11,14H,1-8,13H2,(H,15,16)/t10-,11-/m0/s1. The van der Waals surface area contributed by atoms with E-state index in [1.807, 2.05) is 0 Å². The van der Waals surface area contributed by atoms with E-state index in [9.17, 15) is 4.79 Å². The summed E-state index contributed by atoms with van der Waals surface area (Å²) < 4.78 is 0. The molecule has 16 heavy (non-hydrogen) atoms. The van der Waals surface area contributed by atoms with Crippen LogP contribution < -0.4 is 16.4 Å². The zero-order chi connectivity index (χ0) is 11.4. The third kappa shape index (κ3) is 3.19. The summed E-state index contributed by atoms with van der Waals surface area (Å²) in [4.78, 5) is 11.8. The van der Waals surface area contributed by atoms with Crippen molar-refractivity contribution in [2.24, 2.45) is 11.7 Å².